The molecule has 1 aromatic carbocycles. The molecule has 2 N–H and O–H groups in total. The first-order valence-corrected chi connectivity index (χ1v) is 9.06. The smallest absolute Gasteiger partial charge is 0.408 e. The van der Waals surface area contributed by atoms with Crippen LogP contribution in [0.1, 0.15) is 30.1 Å². The van der Waals surface area contributed by atoms with Gasteiger partial charge in [-0.05, 0) is 37.1 Å². The van der Waals surface area contributed by atoms with E-state index in [9.17, 15) is 13.2 Å². The van der Waals surface area contributed by atoms with E-state index < -0.39 is 15.8 Å². The monoisotopic (exact) mass is 348 g/mol. The van der Waals surface area contributed by atoms with Crippen LogP contribution >= 0.6 is 0 Å². The van der Waals surface area contributed by atoms with Gasteiger partial charge in [0.1, 0.15) is 0 Å². The molecule has 1 aliphatic carbocycles. The number of nitrogens with one attached hydrogen (secondary N) is 2. The summed E-state index contributed by atoms with van der Waals surface area (Å²) in [6.45, 7) is 0.114. The Morgan fingerprint density at radius 3 is 2.92 bits per heavy atom. The summed E-state index contributed by atoms with van der Waals surface area (Å²) in [6, 6.07) is 6.16. The second kappa shape index (κ2) is 5.32. The zero-order chi connectivity index (χ0) is 16.9. The lowest BCUT2D eigenvalue weighted by atomic mass is 10.2. The number of rotatable bonds is 5. The summed E-state index contributed by atoms with van der Waals surface area (Å²) in [7, 11) is -1.84. The van der Waals surface area contributed by atoms with Crippen molar-refractivity contribution in [3.05, 3.63) is 46.2 Å². The molecule has 0 atom stereocenters. The van der Waals surface area contributed by atoms with Crippen LogP contribution in [0.2, 0.25) is 0 Å². The van der Waals surface area contributed by atoms with E-state index >= 15 is 0 Å². The van der Waals surface area contributed by atoms with Crippen molar-refractivity contribution in [3.63, 3.8) is 0 Å². The van der Waals surface area contributed by atoms with E-state index in [0.29, 0.717) is 22.7 Å². The van der Waals surface area contributed by atoms with Crippen LogP contribution in [-0.4, -0.2) is 23.2 Å². The van der Waals surface area contributed by atoms with Gasteiger partial charge in [-0.1, -0.05) is 0 Å². The second-order valence-electron chi connectivity index (χ2n) is 5.96. The molecule has 9 heteroatoms. The number of benzene rings is 1. The molecular formula is C15H16N4O4S. The lowest BCUT2D eigenvalue weighted by Gasteiger charge is -2.05. The average Bonchev–Trinajstić information content (AvgIpc) is 3.20. The highest BCUT2D eigenvalue weighted by Gasteiger charge is 2.27. The first-order valence-electron chi connectivity index (χ1n) is 7.58. The summed E-state index contributed by atoms with van der Waals surface area (Å²) in [4.78, 5) is 13.7. The van der Waals surface area contributed by atoms with Crippen molar-refractivity contribution in [3.8, 4) is 0 Å². The number of aryl methyl sites for hydroxylation is 1. The number of sulfonamides is 1. The highest BCUT2D eigenvalue weighted by Crippen LogP contribution is 2.39. The zero-order valence-electron chi connectivity index (χ0n) is 12.9. The molecule has 126 valence electrons. The van der Waals surface area contributed by atoms with Gasteiger partial charge in [0.2, 0.25) is 10.0 Å². The Morgan fingerprint density at radius 2 is 2.17 bits per heavy atom. The highest BCUT2D eigenvalue weighted by atomic mass is 32.2. The number of hydrogen-bond donors (Lipinski definition) is 2. The predicted molar refractivity (Wildman–Crippen MR) is 86.0 cm³/mol. The molecule has 1 aliphatic rings. The maximum Gasteiger partial charge on any atom is 0.417 e. The average molecular weight is 348 g/mol. The van der Waals surface area contributed by atoms with E-state index in [1.165, 1.54) is 18.2 Å². The Balaban J connectivity index is 1.55. The third kappa shape index (κ3) is 2.76. The van der Waals surface area contributed by atoms with Crippen LogP contribution in [0.3, 0.4) is 0 Å². The van der Waals surface area contributed by atoms with Crippen molar-refractivity contribution in [1.29, 1.82) is 0 Å². The fraction of sp³-hybridized carbons (Fsp3) is 0.333. The van der Waals surface area contributed by atoms with Gasteiger partial charge in [-0.3, -0.25) is 9.67 Å². The molecule has 1 saturated carbocycles. The van der Waals surface area contributed by atoms with Crippen molar-refractivity contribution in [2.45, 2.75) is 30.2 Å². The summed E-state index contributed by atoms with van der Waals surface area (Å²) in [5, 5.41) is 4.35. The molecule has 24 heavy (non-hydrogen) atoms. The number of H-pyrrole nitrogens is 1. The Bertz CT molecular complexity index is 1070. The molecule has 0 bridgehead atoms. The van der Waals surface area contributed by atoms with Gasteiger partial charge in [0.25, 0.3) is 0 Å². The van der Waals surface area contributed by atoms with Crippen molar-refractivity contribution >= 4 is 21.1 Å². The molecule has 8 nitrogen and oxygen atoms in total. The van der Waals surface area contributed by atoms with E-state index in [1.54, 1.807) is 0 Å². The zero-order valence-corrected chi connectivity index (χ0v) is 13.8. The minimum atomic E-state index is -3.71. The number of aromatic nitrogens is 3. The second-order valence-corrected chi connectivity index (χ2v) is 7.72. The topological polar surface area (TPSA) is 110 Å². The van der Waals surface area contributed by atoms with Gasteiger partial charge in [-0.2, -0.15) is 5.10 Å². The standard InChI is InChI=1S/C15H16N4O4S/c1-19-13(9-2-3-9)6-10(18-19)8-16-24(21,22)11-4-5-14-12(7-11)17-15(20)23-14/h4-7,9,16H,2-3,8H2,1H3,(H,17,20). The fourth-order valence-corrected chi connectivity index (χ4v) is 3.77. The van der Waals surface area contributed by atoms with Crippen LogP contribution in [0.5, 0.6) is 0 Å². The predicted octanol–water partition coefficient (Wildman–Crippen LogP) is 1.21. The number of oxazole rings is 1. The molecule has 1 fully saturated rings. The first kappa shape index (κ1) is 15.2. The number of aromatic amines is 1. The van der Waals surface area contributed by atoms with Crippen molar-refractivity contribution < 1.29 is 12.8 Å². The molecule has 2 aromatic heterocycles. The molecule has 0 saturated heterocycles. The number of hydrogen-bond acceptors (Lipinski definition) is 5. The van der Waals surface area contributed by atoms with E-state index in [-0.39, 0.29) is 11.4 Å². The fourth-order valence-electron chi connectivity index (χ4n) is 2.74. The molecule has 0 spiro atoms. The number of fused-ring (bicyclic) bond motifs is 1. The molecular weight excluding hydrogens is 332 g/mol. The van der Waals surface area contributed by atoms with Gasteiger partial charge in [-0.15, -0.1) is 0 Å². The van der Waals surface area contributed by atoms with Crippen LogP contribution in [0.4, 0.5) is 0 Å². The van der Waals surface area contributed by atoms with Crippen LogP contribution in [0.25, 0.3) is 11.1 Å². The van der Waals surface area contributed by atoms with Crippen molar-refractivity contribution in [1.82, 2.24) is 19.5 Å². The molecule has 4 rings (SSSR count). The van der Waals surface area contributed by atoms with Gasteiger partial charge in [0.15, 0.2) is 5.58 Å². The van der Waals surface area contributed by atoms with E-state index in [2.05, 4.69) is 14.8 Å². The quantitative estimate of drug-likeness (QED) is 0.720. The minimum Gasteiger partial charge on any atom is -0.408 e. The lowest BCUT2D eigenvalue weighted by molar-refractivity contribution is 0.555. The maximum absolute atomic E-state index is 12.4. The van der Waals surface area contributed by atoms with Gasteiger partial charge >= 0.3 is 5.76 Å². The van der Waals surface area contributed by atoms with Gasteiger partial charge in [0, 0.05) is 18.7 Å². The first-order chi connectivity index (χ1) is 11.4. The molecule has 0 radical (unpaired) electrons. The molecule has 0 amide bonds. The lowest BCUT2D eigenvalue weighted by Crippen LogP contribution is -2.23. The third-order valence-electron chi connectivity index (χ3n) is 4.11. The highest BCUT2D eigenvalue weighted by molar-refractivity contribution is 7.89. The Labute approximate surface area is 137 Å². The Hall–Kier alpha value is -2.39. The molecule has 3 aromatic rings. The summed E-state index contributed by atoms with van der Waals surface area (Å²) in [6.07, 6.45) is 2.32. The molecule has 0 aliphatic heterocycles. The largest absolute Gasteiger partial charge is 0.417 e. The van der Waals surface area contributed by atoms with Crippen LogP contribution in [0, 0.1) is 0 Å². The summed E-state index contributed by atoms with van der Waals surface area (Å²) < 4.78 is 34.1. The van der Waals surface area contributed by atoms with Gasteiger partial charge in [0.05, 0.1) is 22.7 Å². The van der Waals surface area contributed by atoms with Gasteiger partial charge < -0.3 is 4.42 Å². The third-order valence-corrected chi connectivity index (χ3v) is 5.51. The van der Waals surface area contributed by atoms with Crippen molar-refractivity contribution in [2.75, 3.05) is 0 Å². The normalized spacial score (nSPS) is 15.2. The summed E-state index contributed by atoms with van der Waals surface area (Å²) >= 11 is 0. The maximum atomic E-state index is 12.4. The Kier molecular flexibility index (Phi) is 3.36. The van der Waals surface area contributed by atoms with Crippen molar-refractivity contribution in [2.24, 2.45) is 7.05 Å². The van der Waals surface area contributed by atoms with Crippen LogP contribution in [-0.2, 0) is 23.6 Å². The van der Waals surface area contributed by atoms with E-state index in [0.717, 1.165) is 18.5 Å². The summed E-state index contributed by atoms with van der Waals surface area (Å²) in [5.41, 5.74) is 2.48. The van der Waals surface area contributed by atoms with Gasteiger partial charge in [-0.25, -0.2) is 17.9 Å². The summed E-state index contributed by atoms with van der Waals surface area (Å²) in [5.74, 6) is -0.0678. The Morgan fingerprint density at radius 1 is 1.38 bits per heavy atom. The van der Waals surface area contributed by atoms with Crippen LogP contribution in [0.15, 0.2) is 38.4 Å². The molecule has 0 unspecified atom stereocenters. The molecule has 2 heterocycles. The van der Waals surface area contributed by atoms with E-state index in [4.69, 9.17) is 4.42 Å². The minimum absolute atomic E-state index is 0.0606. The number of nitrogens with zero attached hydrogens (tertiary/aromatic N) is 2. The SMILES string of the molecule is Cn1nc(CNS(=O)(=O)c2ccc3oc(=O)[nH]c3c2)cc1C1CC1. The van der Waals surface area contributed by atoms with Crippen LogP contribution < -0.4 is 10.5 Å². The van der Waals surface area contributed by atoms with E-state index in [1.807, 2.05) is 17.8 Å².